The lowest BCUT2D eigenvalue weighted by atomic mass is 10.2. The van der Waals surface area contributed by atoms with Gasteiger partial charge in [0.2, 0.25) is 0 Å². The molecule has 150 valence electrons. The summed E-state index contributed by atoms with van der Waals surface area (Å²) in [5.41, 5.74) is 0.859. The summed E-state index contributed by atoms with van der Waals surface area (Å²) < 4.78 is 19.4. The number of rotatable bonds is 9. The monoisotopic (exact) mass is 408 g/mol. The Hall–Kier alpha value is -2.81. The fourth-order valence-corrected chi connectivity index (χ4v) is 2.78. The number of ether oxygens (including phenoxy) is 2. The topological polar surface area (TPSA) is 113 Å². The normalized spacial score (nSPS) is 11.6. The molecule has 0 saturated carbocycles. The van der Waals surface area contributed by atoms with Crippen molar-refractivity contribution in [3.63, 3.8) is 0 Å². The van der Waals surface area contributed by atoms with Crippen LogP contribution in [0.25, 0.3) is 0 Å². The Bertz CT molecular complexity index is 868. The highest BCUT2D eigenvalue weighted by molar-refractivity contribution is 8.14. The molecular weight excluding hydrogens is 388 g/mol. The lowest BCUT2D eigenvalue weighted by molar-refractivity contribution is -0.146. The molecule has 1 aromatic heterocycles. The van der Waals surface area contributed by atoms with Gasteiger partial charge in [0.05, 0.1) is 11.7 Å². The summed E-state index contributed by atoms with van der Waals surface area (Å²) in [6.07, 6.45) is -0.101. The molecule has 2 aromatic rings. The smallest absolute Gasteiger partial charge is 0.461 e. The van der Waals surface area contributed by atoms with Crippen LogP contribution in [-0.4, -0.2) is 22.3 Å². The number of carbonyl (C=O) groups is 3. The molecule has 1 heterocycles. The quantitative estimate of drug-likeness (QED) is 0.576. The molecule has 0 bridgehead atoms. The van der Waals surface area contributed by atoms with Crippen molar-refractivity contribution < 1.29 is 32.7 Å². The predicted molar refractivity (Wildman–Crippen MR) is 99.7 cm³/mol. The zero-order valence-corrected chi connectivity index (χ0v) is 16.3. The number of Topliss-reactive ketones (excluding diaryl/α,β-unsaturated/α-hetero) is 1. The molecule has 0 aliphatic carbocycles. The second kappa shape index (κ2) is 10.5. The van der Waals surface area contributed by atoms with E-state index in [0.717, 1.165) is 5.56 Å². The largest absolute Gasteiger partial charge is 0.519 e. The third-order valence-electron chi connectivity index (χ3n) is 3.70. The van der Waals surface area contributed by atoms with Crippen LogP contribution < -0.4 is 5.82 Å². The van der Waals surface area contributed by atoms with Crippen LogP contribution in [-0.2, 0) is 32.3 Å². The fraction of sp³-hybridized carbons (Fsp3) is 0.368. The number of benzene rings is 1. The first-order valence-electron chi connectivity index (χ1n) is 8.50. The van der Waals surface area contributed by atoms with Crippen LogP contribution >= 0.6 is 11.8 Å². The van der Waals surface area contributed by atoms with Crippen LogP contribution in [0.5, 0.6) is 0 Å². The van der Waals surface area contributed by atoms with E-state index >= 15 is 0 Å². The van der Waals surface area contributed by atoms with Crippen molar-refractivity contribution in [2.24, 2.45) is 0 Å². The number of hydrogen-bond donors (Lipinski definition) is 0. The molecule has 0 aliphatic rings. The van der Waals surface area contributed by atoms with Crippen molar-refractivity contribution in [3.05, 3.63) is 58.0 Å². The van der Waals surface area contributed by atoms with E-state index in [2.05, 4.69) is 4.42 Å². The van der Waals surface area contributed by atoms with E-state index in [4.69, 9.17) is 13.9 Å². The highest BCUT2D eigenvalue weighted by Gasteiger charge is 2.21. The Morgan fingerprint density at radius 1 is 1.04 bits per heavy atom. The molecule has 0 radical (unpaired) electrons. The van der Waals surface area contributed by atoms with Crippen LogP contribution in [0.3, 0.4) is 0 Å². The van der Waals surface area contributed by atoms with E-state index in [1.807, 2.05) is 30.3 Å². The number of ketones is 1. The van der Waals surface area contributed by atoms with Crippen LogP contribution in [0, 0.1) is 6.92 Å². The Kier molecular flexibility index (Phi) is 8.06. The molecule has 1 unspecified atom stereocenters. The molecule has 8 nitrogen and oxygen atoms in total. The summed E-state index contributed by atoms with van der Waals surface area (Å²) in [5, 5.41) is -1.39. The van der Waals surface area contributed by atoms with Crippen molar-refractivity contribution >= 4 is 28.8 Å². The number of esters is 1. The highest BCUT2D eigenvalue weighted by Crippen LogP contribution is 2.18. The third kappa shape index (κ3) is 7.07. The standard InChI is InChI=1S/C19H20O8S/c1-12-16(27-18(22)26-12)11-25-19(23)28-13(2)15(20)8-9-17(21)24-10-14-6-4-3-5-7-14/h3-7,13H,8-11H2,1-2H3. The number of hydrogen-bond acceptors (Lipinski definition) is 9. The van der Waals surface area contributed by atoms with Gasteiger partial charge in [-0.1, -0.05) is 30.3 Å². The van der Waals surface area contributed by atoms with Gasteiger partial charge in [-0.05, 0) is 31.2 Å². The Morgan fingerprint density at radius 2 is 1.75 bits per heavy atom. The SMILES string of the molecule is Cc1oc(=O)oc1COC(=O)SC(C)C(=O)CCC(=O)OCc1ccccc1. The van der Waals surface area contributed by atoms with Crippen molar-refractivity contribution in [2.75, 3.05) is 0 Å². The van der Waals surface area contributed by atoms with Crippen LogP contribution in [0.1, 0.15) is 36.8 Å². The molecule has 0 N–H and O–H groups in total. The summed E-state index contributed by atoms with van der Waals surface area (Å²) in [7, 11) is 0. The minimum atomic E-state index is -0.876. The zero-order chi connectivity index (χ0) is 20.5. The van der Waals surface area contributed by atoms with Crippen molar-refractivity contribution in [3.8, 4) is 0 Å². The molecule has 0 saturated heterocycles. The molecular formula is C19H20O8S. The summed E-state index contributed by atoms with van der Waals surface area (Å²) >= 11 is 0.688. The minimum Gasteiger partial charge on any atom is -0.461 e. The average molecular weight is 408 g/mol. The van der Waals surface area contributed by atoms with Crippen molar-refractivity contribution in [2.45, 2.75) is 45.2 Å². The van der Waals surface area contributed by atoms with Crippen molar-refractivity contribution in [1.29, 1.82) is 0 Å². The van der Waals surface area contributed by atoms with Gasteiger partial charge >= 0.3 is 17.1 Å². The average Bonchev–Trinajstić information content (AvgIpc) is 3.00. The molecule has 0 fully saturated rings. The van der Waals surface area contributed by atoms with Crippen molar-refractivity contribution in [1.82, 2.24) is 0 Å². The first kappa shape index (κ1) is 21.5. The molecule has 1 aromatic carbocycles. The van der Waals surface area contributed by atoms with Gasteiger partial charge in [-0.3, -0.25) is 9.59 Å². The Labute approximate surface area is 165 Å². The lowest BCUT2D eigenvalue weighted by Gasteiger charge is -2.09. The van der Waals surface area contributed by atoms with Gasteiger partial charge in [-0.25, -0.2) is 9.59 Å². The first-order valence-corrected chi connectivity index (χ1v) is 9.38. The second-order valence-electron chi connectivity index (χ2n) is 5.84. The molecule has 2 rings (SSSR count). The highest BCUT2D eigenvalue weighted by atomic mass is 32.2. The predicted octanol–water partition coefficient (Wildman–Crippen LogP) is 3.39. The summed E-state index contributed by atoms with van der Waals surface area (Å²) in [6.45, 7) is 2.93. The molecule has 0 spiro atoms. The van der Waals surface area contributed by atoms with E-state index in [0.29, 0.717) is 11.8 Å². The van der Waals surface area contributed by atoms with E-state index in [9.17, 15) is 19.2 Å². The van der Waals surface area contributed by atoms with Gasteiger partial charge in [0, 0.05) is 6.42 Å². The second-order valence-corrected chi connectivity index (χ2v) is 7.12. The Balaban J connectivity index is 1.67. The van der Waals surface area contributed by atoms with Gasteiger partial charge in [-0.15, -0.1) is 0 Å². The maximum atomic E-state index is 12.1. The maximum absolute atomic E-state index is 12.1. The number of aryl methyl sites for hydroxylation is 1. The van der Waals surface area contributed by atoms with E-state index < -0.39 is 22.3 Å². The van der Waals surface area contributed by atoms with Gasteiger partial charge in [0.1, 0.15) is 12.4 Å². The van der Waals surface area contributed by atoms with Gasteiger partial charge in [0.25, 0.3) is 0 Å². The van der Waals surface area contributed by atoms with Crippen LogP contribution in [0.2, 0.25) is 0 Å². The van der Waals surface area contributed by atoms with E-state index in [1.165, 1.54) is 6.92 Å². The third-order valence-corrected chi connectivity index (χ3v) is 4.63. The fourth-order valence-electron chi connectivity index (χ4n) is 2.11. The molecule has 9 heteroatoms. The minimum absolute atomic E-state index is 0.0369. The van der Waals surface area contributed by atoms with Crippen LogP contribution in [0.4, 0.5) is 4.79 Å². The van der Waals surface area contributed by atoms with Gasteiger partial charge in [0.15, 0.2) is 18.1 Å². The van der Waals surface area contributed by atoms with E-state index in [1.54, 1.807) is 6.92 Å². The summed E-state index contributed by atoms with van der Waals surface area (Å²) in [4.78, 5) is 46.5. The summed E-state index contributed by atoms with van der Waals surface area (Å²) in [6, 6.07) is 9.21. The molecule has 1 atom stereocenters. The van der Waals surface area contributed by atoms with Gasteiger partial charge < -0.3 is 18.3 Å². The molecule has 28 heavy (non-hydrogen) atoms. The summed E-state index contributed by atoms with van der Waals surface area (Å²) in [5.74, 6) is -1.30. The van der Waals surface area contributed by atoms with Crippen LogP contribution in [0.15, 0.2) is 44.0 Å². The first-order chi connectivity index (χ1) is 13.3. The van der Waals surface area contributed by atoms with E-state index in [-0.39, 0.29) is 43.4 Å². The molecule has 0 aliphatic heterocycles. The lowest BCUT2D eigenvalue weighted by Crippen LogP contribution is -2.18. The molecule has 0 amide bonds. The number of thioether (sulfide) groups is 1. The zero-order valence-electron chi connectivity index (χ0n) is 15.5. The number of carbonyl (C=O) groups excluding carboxylic acids is 3. The van der Waals surface area contributed by atoms with Gasteiger partial charge in [-0.2, -0.15) is 0 Å². The Morgan fingerprint density at radius 3 is 2.39 bits per heavy atom. The maximum Gasteiger partial charge on any atom is 0.519 e.